The number of rotatable bonds is 20. The normalized spacial score (nSPS) is 10.7. The quantitative estimate of drug-likeness (QED) is 0.172. The molecule has 0 aliphatic heterocycles. The molecule has 0 aromatic heterocycles. The average molecular weight is 385 g/mol. The van der Waals surface area contributed by atoms with Crippen molar-refractivity contribution in [3.63, 3.8) is 0 Å². The van der Waals surface area contributed by atoms with Crippen LogP contribution in [0.1, 0.15) is 123 Å². The predicted molar refractivity (Wildman–Crippen MR) is 112 cm³/mol. The van der Waals surface area contributed by atoms with Crippen LogP contribution in [0.3, 0.4) is 0 Å². The standard InChI is InChI=1S/C23H44O4/c1-3-5-7-8-11-14-17-21-27-23(25)19-16-13-10-9-12-15-18-22(24)26-20-6-4-2/h3-21H2,1-2H3. The first-order valence-corrected chi connectivity index (χ1v) is 11.5. The Hall–Kier alpha value is -1.06. The fraction of sp³-hybridized carbons (Fsp3) is 0.913. The lowest BCUT2D eigenvalue weighted by Crippen LogP contribution is -2.05. The molecule has 0 heterocycles. The second-order valence-corrected chi connectivity index (χ2v) is 7.54. The van der Waals surface area contributed by atoms with Crippen LogP contribution in [0.25, 0.3) is 0 Å². The van der Waals surface area contributed by atoms with Gasteiger partial charge in [-0.25, -0.2) is 0 Å². The number of hydrogen-bond acceptors (Lipinski definition) is 4. The Labute approximate surface area is 167 Å². The maximum Gasteiger partial charge on any atom is 0.305 e. The van der Waals surface area contributed by atoms with Crippen LogP contribution in [0.5, 0.6) is 0 Å². The van der Waals surface area contributed by atoms with Crippen LogP contribution >= 0.6 is 0 Å². The molecule has 0 spiro atoms. The SMILES string of the molecule is CCCCCCCCCOC(=O)CCCCCCCCC(=O)OCCCC. The van der Waals surface area contributed by atoms with E-state index in [1.54, 1.807) is 0 Å². The molecule has 0 fully saturated rings. The van der Waals surface area contributed by atoms with Gasteiger partial charge in [-0.3, -0.25) is 9.59 Å². The highest BCUT2D eigenvalue weighted by atomic mass is 16.5. The van der Waals surface area contributed by atoms with Crippen molar-refractivity contribution in [3.8, 4) is 0 Å². The van der Waals surface area contributed by atoms with Crippen LogP contribution in [0, 0.1) is 0 Å². The van der Waals surface area contributed by atoms with Gasteiger partial charge in [-0.2, -0.15) is 0 Å². The smallest absolute Gasteiger partial charge is 0.305 e. The first-order valence-electron chi connectivity index (χ1n) is 11.5. The number of carbonyl (C=O) groups is 2. The van der Waals surface area contributed by atoms with E-state index in [0.717, 1.165) is 57.8 Å². The predicted octanol–water partition coefficient (Wildman–Crippen LogP) is 6.74. The minimum atomic E-state index is -0.0628. The number of hydrogen-bond donors (Lipinski definition) is 0. The van der Waals surface area contributed by atoms with Gasteiger partial charge in [-0.1, -0.05) is 84.5 Å². The minimum absolute atomic E-state index is 0.0455. The molecular weight excluding hydrogens is 340 g/mol. The van der Waals surface area contributed by atoms with Gasteiger partial charge in [0.25, 0.3) is 0 Å². The summed E-state index contributed by atoms with van der Waals surface area (Å²) >= 11 is 0. The lowest BCUT2D eigenvalue weighted by molar-refractivity contribution is -0.144. The van der Waals surface area contributed by atoms with Crippen LogP contribution in [-0.4, -0.2) is 25.2 Å². The third-order valence-electron chi connectivity index (χ3n) is 4.78. The van der Waals surface area contributed by atoms with Crippen molar-refractivity contribution >= 4 is 11.9 Å². The third kappa shape index (κ3) is 21.1. The van der Waals surface area contributed by atoms with Crippen molar-refractivity contribution in [3.05, 3.63) is 0 Å². The van der Waals surface area contributed by atoms with Gasteiger partial charge in [0.1, 0.15) is 0 Å². The third-order valence-corrected chi connectivity index (χ3v) is 4.78. The topological polar surface area (TPSA) is 52.6 Å². The molecule has 0 radical (unpaired) electrons. The van der Waals surface area contributed by atoms with Gasteiger partial charge >= 0.3 is 11.9 Å². The zero-order valence-corrected chi connectivity index (χ0v) is 18.1. The Morgan fingerprint density at radius 3 is 1.33 bits per heavy atom. The van der Waals surface area contributed by atoms with Gasteiger partial charge in [0.15, 0.2) is 0 Å². The lowest BCUT2D eigenvalue weighted by Gasteiger charge is -2.05. The van der Waals surface area contributed by atoms with E-state index in [0.29, 0.717) is 26.1 Å². The van der Waals surface area contributed by atoms with E-state index >= 15 is 0 Å². The van der Waals surface area contributed by atoms with E-state index in [4.69, 9.17) is 9.47 Å². The zero-order chi connectivity index (χ0) is 20.0. The largest absolute Gasteiger partial charge is 0.466 e. The summed E-state index contributed by atoms with van der Waals surface area (Å²) in [5, 5.41) is 0. The van der Waals surface area contributed by atoms with Crippen molar-refractivity contribution in [1.29, 1.82) is 0 Å². The molecular formula is C23H44O4. The van der Waals surface area contributed by atoms with Crippen molar-refractivity contribution < 1.29 is 19.1 Å². The fourth-order valence-electron chi connectivity index (χ4n) is 2.97. The molecule has 0 aromatic carbocycles. The Morgan fingerprint density at radius 1 is 0.481 bits per heavy atom. The molecule has 4 heteroatoms. The van der Waals surface area contributed by atoms with Crippen molar-refractivity contribution in [1.82, 2.24) is 0 Å². The average Bonchev–Trinajstić information content (AvgIpc) is 2.66. The van der Waals surface area contributed by atoms with Crippen LogP contribution in [0.2, 0.25) is 0 Å². The Bertz CT molecular complexity index is 341. The van der Waals surface area contributed by atoms with Crippen LogP contribution in [0.15, 0.2) is 0 Å². The van der Waals surface area contributed by atoms with E-state index in [9.17, 15) is 9.59 Å². The summed E-state index contributed by atoms with van der Waals surface area (Å²) in [5.74, 6) is -0.108. The lowest BCUT2D eigenvalue weighted by atomic mass is 10.1. The second kappa shape index (κ2) is 21.2. The summed E-state index contributed by atoms with van der Waals surface area (Å²) in [5.41, 5.74) is 0. The zero-order valence-electron chi connectivity index (χ0n) is 18.1. The van der Waals surface area contributed by atoms with Crippen molar-refractivity contribution in [2.24, 2.45) is 0 Å². The Balaban J connectivity index is 3.24. The molecule has 4 nitrogen and oxygen atoms in total. The highest BCUT2D eigenvalue weighted by Gasteiger charge is 2.04. The molecule has 0 aromatic rings. The van der Waals surface area contributed by atoms with Gasteiger partial charge in [0, 0.05) is 12.8 Å². The molecule has 0 saturated carbocycles. The molecule has 0 unspecified atom stereocenters. The van der Waals surface area contributed by atoms with E-state index in [2.05, 4.69) is 13.8 Å². The Kier molecular flexibility index (Phi) is 20.4. The molecule has 0 saturated heterocycles. The molecule has 0 rings (SSSR count). The van der Waals surface area contributed by atoms with E-state index in [1.165, 1.54) is 38.5 Å². The molecule has 0 amide bonds. The van der Waals surface area contributed by atoms with Crippen molar-refractivity contribution in [2.45, 2.75) is 123 Å². The highest BCUT2D eigenvalue weighted by molar-refractivity contribution is 5.69. The monoisotopic (exact) mass is 384 g/mol. The number of carbonyl (C=O) groups excluding carboxylic acids is 2. The first kappa shape index (κ1) is 25.9. The molecule has 0 aliphatic carbocycles. The molecule has 160 valence electrons. The second-order valence-electron chi connectivity index (χ2n) is 7.54. The first-order chi connectivity index (χ1) is 13.2. The van der Waals surface area contributed by atoms with Gasteiger partial charge in [-0.15, -0.1) is 0 Å². The van der Waals surface area contributed by atoms with Crippen LogP contribution < -0.4 is 0 Å². The molecule has 0 bridgehead atoms. The van der Waals surface area contributed by atoms with E-state index in [-0.39, 0.29) is 11.9 Å². The van der Waals surface area contributed by atoms with Gasteiger partial charge in [-0.05, 0) is 25.7 Å². The fourth-order valence-corrected chi connectivity index (χ4v) is 2.97. The molecule has 27 heavy (non-hydrogen) atoms. The summed E-state index contributed by atoms with van der Waals surface area (Å²) < 4.78 is 10.4. The van der Waals surface area contributed by atoms with Crippen molar-refractivity contribution in [2.75, 3.05) is 13.2 Å². The molecule has 0 N–H and O–H groups in total. The number of ether oxygens (including phenoxy) is 2. The van der Waals surface area contributed by atoms with Gasteiger partial charge < -0.3 is 9.47 Å². The summed E-state index contributed by atoms with van der Waals surface area (Å²) in [4.78, 5) is 23.1. The maximum absolute atomic E-state index is 11.7. The van der Waals surface area contributed by atoms with E-state index < -0.39 is 0 Å². The maximum atomic E-state index is 11.7. The minimum Gasteiger partial charge on any atom is -0.466 e. The van der Waals surface area contributed by atoms with Gasteiger partial charge in [0.2, 0.25) is 0 Å². The highest BCUT2D eigenvalue weighted by Crippen LogP contribution is 2.10. The number of esters is 2. The summed E-state index contributed by atoms with van der Waals surface area (Å²) in [6, 6.07) is 0. The summed E-state index contributed by atoms with van der Waals surface area (Å²) in [7, 11) is 0. The van der Waals surface area contributed by atoms with Crippen LogP contribution in [-0.2, 0) is 19.1 Å². The van der Waals surface area contributed by atoms with Crippen LogP contribution in [0.4, 0.5) is 0 Å². The molecule has 0 atom stereocenters. The number of unbranched alkanes of at least 4 members (excludes halogenated alkanes) is 12. The summed E-state index contributed by atoms with van der Waals surface area (Å²) in [6.45, 7) is 5.46. The van der Waals surface area contributed by atoms with Gasteiger partial charge in [0.05, 0.1) is 13.2 Å². The van der Waals surface area contributed by atoms with E-state index in [1.807, 2.05) is 0 Å². The Morgan fingerprint density at radius 2 is 0.852 bits per heavy atom. The summed E-state index contributed by atoms with van der Waals surface area (Å²) in [6.07, 6.45) is 18.0. The molecule has 0 aliphatic rings.